The smallest absolute Gasteiger partial charge is 0.244 e. The van der Waals surface area contributed by atoms with Crippen LogP contribution in [-0.4, -0.2) is 19.1 Å². The van der Waals surface area contributed by atoms with E-state index in [0.717, 1.165) is 34.5 Å². The van der Waals surface area contributed by atoms with Gasteiger partial charge in [-0.15, -0.1) is 0 Å². The van der Waals surface area contributed by atoms with Gasteiger partial charge >= 0.3 is 0 Å². The van der Waals surface area contributed by atoms with Gasteiger partial charge in [-0.1, -0.05) is 22.9 Å². The van der Waals surface area contributed by atoms with E-state index in [2.05, 4.69) is 28.2 Å². The summed E-state index contributed by atoms with van der Waals surface area (Å²) >= 11 is 3.42. The van der Waals surface area contributed by atoms with Crippen LogP contribution >= 0.6 is 15.9 Å². The van der Waals surface area contributed by atoms with E-state index in [1.54, 1.807) is 19.3 Å². The van der Waals surface area contributed by atoms with Crippen LogP contribution in [0.1, 0.15) is 31.7 Å². The normalized spacial score (nSPS) is 22.1. The molecule has 1 aliphatic carbocycles. The highest BCUT2D eigenvalue weighted by Gasteiger charge is 2.21. The SMILES string of the molecule is COc1ccc(Br)cc1/C=C/C(=O)NC1CCC(C)C1. The van der Waals surface area contributed by atoms with Crippen LogP contribution in [-0.2, 0) is 4.79 Å². The van der Waals surface area contributed by atoms with Crippen molar-refractivity contribution in [2.45, 2.75) is 32.2 Å². The second-order valence-corrected chi connectivity index (χ2v) is 6.26. The highest BCUT2D eigenvalue weighted by Crippen LogP contribution is 2.25. The maximum atomic E-state index is 11.9. The van der Waals surface area contributed by atoms with Crippen LogP contribution in [0.2, 0.25) is 0 Å². The van der Waals surface area contributed by atoms with Crippen molar-refractivity contribution in [3.8, 4) is 5.75 Å². The zero-order chi connectivity index (χ0) is 14.5. The topological polar surface area (TPSA) is 38.3 Å². The van der Waals surface area contributed by atoms with Crippen LogP contribution in [0.4, 0.5) is 0 Å². The van der Waals surface area contributed by atoms with Gasteiger partial charge in [0.1, 0.15) is 5.75 Å². The second-order valence-electron chi connectivity index (χ2n) is 5.34. The molecule has 0 saturated heterocycles. The maximum absolute atomic E-state index is 11.9. The summed E-state index contributed by atoms with van der Waals surface area (Å²) in [5.74, 6) is 1.44. The van der Waals surface area contributed by atoms with Gasteiger partial charge in [0.05, 0.1) is 7.11 Å². The first-order chi connectivity index (χ1) is 9.58. The molecule has 0 aliphatic heterocycles. The van der Waals surface area contributed by atoms with E-state index in [1.807, 2.05) is 18.2 Å². The number of carbonyl (C=O) groups excluding carboxylic acids is 1. The number of methoxy groups -OCH3 is 1. The van der Waals surface area contributed by atoms with Crippen LogP contribution in [0.5, 0.6) is 5.75 Å². The molecule has 2 atom stereocenters. The molecule has 1 saturated carbocycles. The molecule has 1 N–H and O–H groups in total. The largest absolute Gasteiger partial charge is 0.496 e. The minimum absolute atomic E-state index is 0.0360. The van der Waals surface area contributed by atoms with Crippen molar-refractivity contribution < 1.29 is 9.53 Å². The Labute approximate surface area is 128 Å². The van der Waals surface area contributed by atoms with E-state index >= 15 is 0 Å². The minimum Gasteiger partial charge on any atom is -0.496 e. The minimum atomic E-state index is -0.0360. The highest BCUT2D eigenvalue weighted by molar-refractivity contribution is 9.10. The summed E-state index contributed by atoms with van der Waals surface area (Å²) in [6.07, 6.45) is 6.74. The number of hydrogen-bond acceptors (Lipinski definition) is 2. The average molecular weight is 338 g/mol. The van der Waals surface area contributed by atoms with Gasteiger partial charge in [0, 0.05) is 22.2 Å². The monoisotopic (exact) mass is 337 g/mol. The molecule has 1 aromatic rings. The Bertz CT molecular complexity index is 513. The molecule has 2 rings (SSSR count). The van der Waals surface area contributed by atoms with Gasteiger partial charge in [-0.3, -0.25) is 4.79 Å². The summed E-state index contributed by atoms with van der Waals surface area (Å²) in [6, 6.07) is 6.04. The molecule has 108 valence electrons. The first-order valence-corrected chi connectivity index (χ1v) is 7.70. The van der Waals surface area contributed by atoms with Crippen molar-refractivity contribution in [3.05, 3.63) is 34.3 Å². The zero-order valence-electron chi connectivity index (χ0n) is 11.9. The maximum Gasteiger partial charge on any atom is 0.244 e. The van der Waals surface area contributed by atoms with Crippen LogP contribution in [0, 0.1) is 5.92 Å². The number of hydrogen-bond donors (Lipinski definition) is 1. The van der Waals surface area contributed by atoms with Gasteiger partial charge in [0.25, 0.3) is 0 Å². The third-order valence-electron chi connectivity index (χ3n) is 3.65. The van der Waals surface area contributed by atoms with Crippen molar-refractivity contribution in [2.75, 3.05) is 7.11 Å². The number of amides is 1. The van der Waals surface area contributed by atoms with Gasteiger partial charge in [-0.2, -0.15) is 0 Å². The van der Waals surface area contributed by atoms with E-state index in [1.165, 1.54) is 6.42 Å². The summed E-state index contributed by atoms with van der Waals surface area (Å²) in [5.41, 5.74) is 0.886. The average Bonchev–Trinajstić information content (AvgIpc) is 2.82. The number of ether oxygens (including phenoxy) is 1. The molecule has 3 nitrogen and oxygen atoms in total. The van der Waals surface area contributed by atoms with Crippen molar-refractivity contribution >= 4 is 27.9 Å². The molecule has 0 bridgehead atoms. The van der Waals surface area contributed by atoms with E-state index in [-0.39, 0.29) is 5.91 Å². The number of rotatable bonds is 4. The number of halogens is 1. The standard InChI is InChI=1S/C16H20BrNO2/c1-11-3-6-14(9-11)18-16(19)8-4-12-10-13(17)5-7-15(12)20-2/h4-5,7-8,10-11,14H,3,6,9H2,1-2H3,(H,18,19)/b8-4+. The summed E-state index contributed by atoms with van der Waals surface area (Å²) in [6.45, 7) is 2.23. The summed E-state index contributed by atoms with van der Waals surface area (Å²) in [5, 5.41) is 3.05. The van der Waals surface area contributed by atoms with Crippen LogP contribution < -0.4 is 10.1 Å². The van der Waals surface area contributed by atoms with Crippen LogP contribution in [0.3, 0.4) is 0 Å². The molecule has 20 heavy (non-hydrogen) atoms. The first-order valence-electron chi connectivity index (χ1n) is 6.90. The van der Waals surface area contributed by atoms with E-state index in [9.17, 15) is 4.79 Å². The van der Waals surface area contributed by atoms with Crippen molar-refractivity contribution in [2.24, 2.45) is 5.92 Å². The van der Waals surface area contributed by atoms with Gasteiger partial charge < -0.3 is 10.1 Å². The van der Waals surface area contributed by atoms with Crippen LogP contribution in [0.15, 0.2) is 28.7 Å². The second kappa shape index (κ2) is 6.93. The lowest BCUT2D eigenvalue weighted by Crippen LogP contribution is -2.31. The number of carbonyl (C=O) groups is 1. The fourth-order valence-corrected chi connectivity index (χ4v) is 2.97. The Hall–Kier alpha value is -1.29. The Morgan fingerprint density at radius 2 is 2.25 bits per heavy atom. The van der Waals surface area contributed by atoms with Crippen molar-refractivity contribution in [1.82, 2.24) is 5.32 Å². The molecule has 0 radical (unpaired) electrons. The molecule has 1 amide bonds. The lowest BCUT2D eigenvalue weighted by Gasteiger charge is -2.10. The predicted molar refractivity (Wildman–Crippen MR) is 84.7 cm³/mol. The summed E-state index contributed by atoms with van der Waals surface area (Å²) in [7, 11) is 1.63. The Kier molecular flexibility index (Phi) is 5.24. The molecular weight excluding hydrogens is 318 g/mol. The van der Waals surface area contributed by atoms with E-state index in [4.69, 9.17) is 4.74 Å². The quantitative estimate of drug-likeness (QED) is 0.849. The van der Waals surface area contributed by atoms with Gasteiger partial charge in [0.2, 0.25) is 5.91 Å². The molecule has 4 heteroatoms. The van der Waals surface area contributed by atoms with Gasteiger partial charge in [0.15, 0.2) is 0 Å². The Balaban J connectivity index is 1.98. The van der Waals surface area contributed by atoms with Crippen molar-refractivity contribution in [1.29, 1.82) is 0 Å². The molecule has 0 aromatic heterocycles. The molecule has 1 fully saturated rings. The molecular formula is C16H20BrNO2. The molecule has 2 unspecified atom stereocenters. The molecule has 1 aliphatic rings. The third kappa shape index (κ3) is 4.10. The lowest BCUT2D eigenvalue weighted by molar-refractivity contribution is -0.117. The predicted octanol–water partition coefficient (Wildman–Crippen LogP) is 3.78. The van der Waals surface area contributed by atoms with Crippen molar-refractivity contribution in [3.63, 3.8) is 0 Å². The number of nitrogens with one attached hydrogen (secondary N) is 1. The van der Waals surface area contributed by atoms with Gasteiger partial charge in [-0.25, -0.2) is 0 Å². The summed E-state index contributed by atoms with van der Waals surface area (Å²) < 4.78 is 6.24. The first kappa shape index (κ1) is 15.1. The lowest BCUT2D eigenvalue weighted by atomic mass is 10.1. The van der Waals surface area contributed by atoms with E-state index in [0.29, 0.717) is 6.04 Å². The van der Waals surface area contributed by atoms with Gasteiger partial charge in [-0.05, 0) is 49.5 Å². The molecule has 0 spiro atoms. The Morgan fingerprint density at radius 1 is 1.45 bits per heavy atom. The zero-order valence-corrected chi connectivity index (χ0v) is 13.4. The number of benzene rings is 1. The molecule has 0 heterocycles. The Morgan fingerprint density at radius 3 is 2.90 bits per heavy atom. The fourth-order valence-electron chi connectivity index (χ4n) is 2.59. The molecule has 1 aromatic carbocycles. The van der Waals surface area contributed by atoms with Crippen LogP contribution in [0.25, 0.3) is 6.08 Å². The highest BCUT2D eigenvalue weighted by atomic mass is 79.9. The fraction of sp³-hybridized carbons (Fsp3) is 0.438. The van der Waals surface area contributed by atoms with E-state index < -0.39 is 0 Å². The third-order valence-corrected chi connectivity index (χ3v) is 4.14. The summed E-state index contributed by atoms with van der Waals surface area (Å²) in [4.78, 5) is 11.9.